The molecule has 27 heavy (non-hydrogen) atoms. The van der Waals surface area contributed by atoms with Gasteiger partial charge in [0.25, 0.3) is 5.91 Å². The van der Waals surface area contributed by atoms with E-state index in [1.54, 1.807) is 17.0 Å². The average molecular weight is 361 g/mol. The molecule has 138 valence electrons. The minimum absolute atomic E-state index is 0.239. The first kappa shape index (κ1) is 17.5. The zero-order valence-electron chi connectivity index (χ0n) is 15.4. The summed E-state index contributed by atoms with van der Waals surface area (Å²) in [5, 5.41) is 15.2. The van der Waals surface area contributed by atoms with Gasteiger partial charge in [-0.3, -0.25) is 9.48 Å². The number of aryl methyl sites for hydroxylation is 1. The van der Waals surface area contributed by atoms with Crippen LogP contribution in [0.1, 0.15) is 22.9 Å². The fraction of sp³-hybridized carbons (Fsp3) is 0.273. The van der Waals surface area contributed by atoms with E-state index in [4.69, 9.17) is 5.10 Å². The molecule has 1 N–H and O–H groups in total. The summed E-state index contributed by atoms with van der Waals surface area (Å²) in [7, 11) is 1.97. The molecule has 3 aromatic rings. The Morgan fingerprint density at radius 3 is 2.33 bits per heavy atom. The fourth-order valence-electron chi connectivity index (χ4n) is 3.81. The van der Waals surface area contributed by atoms with Crippen LogP contribution < -0.4 is 0 Å². The summed E-state index contributed by atoms with van der Waals surface area (Å²) in [5.74, 6) is -0.239. The number of hydrogen-bond acceptors (Lipinski definition) is 3. The lowest BCUT2D eigenvalue weighted by molar-refractivity contribution is -0.140. The summed E-state index contributed by atoms with van der Waals surface area (Å²) < 4.78 is 1.94. The van der Waals surface area contributed by atoms with Crippen LogP contribution in [0.25, 0.3) is 11.3 Å². The Hall–Kier alpha value is -2.92. The number of rotatable bonds is 3. The van der Waals surface area contributed by atoms with Crippen molar-refractivity contribution in [2.45, 2.75) is 18.9 Å². The third-order valence-corrected chi connectivity index (χ3v) is 5.19. The van der Waals surface area contributed by atoms with Crippen LogP contribution in [0.15, 0.2) is 60.7 Å². The minimum Gasteiger partial charge on any atom is -0.378 e. The molecular formula is C22H23N3O2. The van der Waals surface area contributed by atoms with Gasteiger partial charge >= 0.3 is 0 Å². The lowest BCUT2D eigenvalue weighted by atomic mass is 10.0. The molecule has 0 bridgehead atoms. The predicted octanol–water partition coefficient (Wildman–Crippen LogP) is 2.75. The molecule has 1 atom stereocenters. The molecule has 0 aliphatic carbocycles. The van der Waals surface area contributed by atoms with E-state index in [1.165, 1.54) is 5.56 Å². The van der Waals surface area contributed by atoms with Gasteiger partial charge in [0.1, 0.15) is 0 Å². The standard InChI is InChI=1S/C22H23N3O2/c1-24-20(16-8-4-2-5-9-16)18-12-14-25(15-13-19(18)23-24)22(27)21(26)17-10-6-3-7-11-17/h2-11,21,26H,12-15H2,1H3. The third-order valence-electron chi connectivity index (χ3n) is 5.19. The van der Waals surface area contributed by atoms with E-state index in [1.807, 2.05) is 48.1 Å². The Bertz CT molecular complexity index is 935. The van der Waals surface area contributed by atoms with E-state index in [2.05, 4.69) is 12.1 Å². The molecule has 5 heteroatoms. The highest BCUT2D eigenvalue weighted by Gasteiger charge is 2.28. The fourth-order valence-corrected chi connectivity index (χ4v) is 3.81. The van der Waals surface area contributed by atoms with Gasteiger partial charge in [-0.2, -0.15) is 5.10 Å². The van der Waals surface area contributed by atoms with Crippen LogP contribution in [0.5, 0.6) is 0 Å². The van der Waals surface area contributed by atoms with E-state index in [9.17, 15) is 9.90 Å². The number of hydrogen-bond donors (Lipinski definition) is 1. The molecule has 2 heterocycles. The molecule has 1 aromatic heterocycles. The topological polar surface area (TPSA) is 58.4 Å². The number of aromatic nitrogens is 2. The highest BCUT2D eigenvalue weighted by Crippen LogP contribution is 2.29. The summed E-state index contributed by atoms with van der Waals surface area (Å²) in [6.07, 6.45) is 0.320. The molecule has 1 amide bonds. The summed E-state index contributed by atoms with van der Waals surface area (Å²) in [6, 6.07) is 19.3. The first-order chi connectivity index (χ1) is 13.1. The first-order valence-electron chi connectivity index (χ1n) is 9.27. The molecule has 1 aliphatic rings. The molecular weight excluding hydrogens is 338 g/mol. The Morgan fingerprint density at radius 2 is 1.63 bits per heavy atom. The lowest BCUT2D eigenvalue weighted by Gasteiger charge is -2.23. The van der Waals surface area contributed by atoms with E-state index in [0.29, 0.717) is 25.1 Å². The van der Waals surface area contributed by atoms with Crippen molar-refractivity contribution >= 4 is 5.91 Å². The number of amides is 1. The number of aliphatic hydroxyl groups excluding tert-OH is 1. The molecule has 0 fully saturated rings. The van der Waals surface area contributed by atoms with Gasteiger partial charge in [0.05, 0.1) is 11.4 Å². The van der Waals surface area contributed by atoms with Gasteiger partial charge in [0.15, 0.2) is 6.10 Å². The summed E-state index contributed by atoms with van der Waals surface area (Å²) in [6.45, 7) is 1.15. The van der Waals surface area contributed by atoms with Gasteiger partial charge in [0.2, 0.25) is 0 Å². The first-order valence-corrected chi connectivity index (χ1v) is 9.27. The molecule has 0 saturated carbocycles. The van der Waals surface area contributed by atoms with Crippen LogP contribution in [0.2, 0.25) is 0 Å². The van der Waals surface area contributed by atoms with Gasteiger partial charge in [-0.25, -0.2) is 0 Å². The Labute approximate surface area is 158 Å². The van der Waals surface area contributed by atoms with Crippen molar-refractivity contribution < 1.29 is 9.90 Å². The maximum Gasteiger partial charge on any atom is 0.256 e. The van der Waals surface area contributed by atoms with Crippen LogP contribution in [-0.4, -0.2) is 38.8 Å². The molecule has 1 aliphatic heterocycles. The monoisotopic (exact) mass is 361 g/mol. The Kier molecular flexibility index (Phi) is 4.77. The second kappa shape index (κ2) is 7.37. The van der Waals surface area contributed by atoms with Crippen LogP contribution in [0.3, 0.4) is 0 Å². The van der Waals surface area contributed by atoms with Gasteiger partial charge in [-0.15, -0.1) is 0 Å². The number of carbonyl (C=O) groups is 1. The lowest BCUT2D eigenvalue weighted by Crippen LogP contribution is -2.37. The van der Waals surface area contributed by atoms with Gasteiger partial charge < -0.3 is 10.0 Å². The highest BCUT2D eigenvalue weighted by atomic mass is 16.3. The number of aliphatic hydroxyl groups is 1. The largest absolute Gasteiger partial charge is 0.378 e. The van der Waals surface area contributed by atoms with Crippen LogP contribution in [0.4, 0.5) is 0 Å². The summed E-state index contributed by atoms with van der Waals surface area (Å²) in [4.78, 5) is 14.6. The molecule has 2 aromatic carbocycles. The van der Waals surface area contributed by atoms with E-state index < -0.39 is 6.10 Å². The number of benzene rings is 2. The SMILES string of the molecule is Cn1nc2c(c1-c1ccccc1)CCN(C(=O)C(O)c1ccccc1)CC2. The van der Waals surface area contributed by atoms with Crippen molar-refractivity contribution in [2.75, 3.05) is 13.1 Å². The summed E-state index contributed by atoms with van der Waals surface area (Å²) >= 11 is 0. The average Bonchev–Trinajstić information content (AvgIpc) is 2.89. The zero-order chi connectivity index (χ0) is 18.8. The van der Waals surface area contributed by atoms with Crippen molar-refractivity contribution in [1.82, 2.24) is 14.7 Å². The molecule has 4 rings (SSSR count). The normalized spacial score (nSPS) is 15.1. The second-order valence-corrected chi connectivity index (χ2v) is 6.90. The van der Waals surface area contributed by atoms with Crippen molar-refractivity contribution in [2.24, 2.45) is 7.05 Å². The summed E-state index contributed by atoms with van der Waals surface area (Å²) in [5.41, 5.74) is 5.13. The van der Waals surface area contributed by atoms with Crippen molar-refractivity contribution in [3.63, 3.8) is 0 Å². The van der Waals surface area contributed by atoms with Crippen LogP contribution in [-0.2, 0) is 24.7 Å². The molecule has 0 radical (unpaired) electrons. The quantitative estimate of drug-likeness (QED) is 0.780. The van der Waals surface area contributed by atoms with Gasteiger partial charge in [0, 0.05) is 37.7 Å². The predicted molar refractivity (Wildman–Crippen MR) is 104 cm³/mol. The maximum absolute atomic E-state index is 12.8. The highest BCUT2D eigenvalue weighted by molar-refractivity contribution is 5.82. The number of carbonyl (C=O) groups excluding carboxylic acids is 1. The molecule has 1 unspecified atom stereocenters. The molecule has 5 nitrogen and oxygen atoms in total. The Balaban J connectivity index is 1.56. The van der Waals surface area contributed by atoms with Crippen LogP contribution >= 0.6 is 0 Å². The van der Waals surface area contributed by atoms with Crippen molar-refractivity contribution in [3.05, 3.63) is 77.5 Å². The minimum atomic E-state index is -1.11. The van der Waals surface area contributed by atoms with Gasteiger partial charge in [-0.1, -0.05) is 60.7 Å². The van der Waals surface area contributed by atoms with Crippen molar-refractivity contribution in [1.29, 1.82) is 0 Å². The molecule has 0 saturated heterocycles. The van der Waals surface area contributed by atoms with Crippen molar-refractivity contribution in [3.8, 4) is 11.3 Å². The maximum atomic E-state index is 12.8. The smallest absolute Gasteiger partial charge is 0.256 e. The van der Waals surface area contributed by atoms with E-state index in [-0.39, 0.29) is 5.91 Å². The molecule has 0 spiro atoms. The zero-order valence-corrected chi connectivity index (χ0v) is 15.4. The number of nitrogens with zero attached hydrogens (tertiary/aromatic N) is 3. The third kappa shape index (κ3) is 3.38. The second-order valence-electron chi connectivity index (χ2n) is 6.90. The number of fused-ring (bicyclic) bond motifs is 1. The Morgan fingerprint density at radius 1 is 1.00 bits per heavy atom. The van der Waals surface area contributed by atoms with Gasteiger partial charge in [-0.05, 0) is 12.0 Å². The van der Waals surface area contributed by atoms with Crippen LogP contribution in [0, 0.1) is 0 Å². The van der Waals surface area contributed by atoms with E-state index >= 15 is 0 Å². The van der Waals surface area contributed by atoms with E-state index in [0.717, 1.165) is 23.4 Å².